The molecule has 0 saturated carbocycles. The van der Waals surface area contributed by atoms with Gasteiger partial charge in [0.15, 0.2) is 0 Å². The molecular weight excluding hydrogens is 272 g/mol. The largest absolute Gasteiger partial charge is 0.323 e. The highest BCUT2D eigenvalue weighted by Crippen LogP contribution is 2.27. The lowest BCUT2D eigenvalue weighted by Gasteiger charge is -2.25. The van der Waals surface area contributed by atoms with E-state index in [0.29, 0.717) is 6.04 Å². The van der Waals surface area contributed by atoms with Gasteiger partial charge in [-0.3, -0.25) is 0 Å². The van der Waals surface area contributed by atoms with E-state index in [9.17, 15) is 0 Å². The summed E-state index contributed by atoms with van der Waals surface area (Å²) in [6.45, 7) is 1.16. The third kappa shape index (κ3) is 3.28. The van der Waals surface area contributed by atoms with Gasteiger partial charge in [-0.25, -0.2) is 0 Å². The molecule has 2 rings (SSSR count). The number of thiophene rings is 1. The summed E-state index contributed by atoms with van der Waals surface area (Å²) in [6, 6.07) is 2.95. The Morgan fingerprint density at radius 2 is 2.47 bits per heavy atom. The first-order chi connectivity index (χ1) is 7.25. The molecule has 0 spiro atoms. The maximum Gasteiger partial charge on any atom is 0.0405 e. The van der Waals surface area contributed by atoms with E-state index in [1.165, 1.54) is 24.1 Å². The van der Waals surface area contributed by atoms with Crippen molar-refractivity contribution in [3.63, 3.8) is 0 Å². The molecule has 1 aliphatic heterocycles. The smallest absolute Gasteiger partial charge is 0.0405 e. The van der Waals surface area contributed by atoms with E-state index in [-0.39, 0.29) is 6.04 Å². The molecule has 0 aromatic carbocycles. The molecule has 2 unspecified atom stereocenters. The van der Waals surface area contributed by atoms with Crippen LogP contribution in [0.1, 0.15) is 36.6 Å². The Morgan fingerprint density at radius 1 is 1.60 bits per heavy atom. The van der Waals surface area contributed by atoms with Gasteiger partial charge < -0.3 is 11.1 Å². The molecule has 1 aromatic heterocycles. The molecule has 0 bridgehead atoms. The second-order valence-corrected chi connectivity index (χ2v) is 6.01. The first-order valence-electron chi connectivity index (χ1n) is 5.48. The molecule has 2 nitrogen and oxygen atoms in total. The molecule has 2 atom stereocenters. The zero-order valence-electron chi connectivity index (χ0n) is 8.71. The lowest BCUT2D eigenvalue weighted by molar-refractivity contribution is 0.363. The standard InChI is InChI=1S/C11H17BrN2S/c12-8-5-11(15-7-8)10(13)6-9-3-1-2-4-14-9/h5,7,9-10,14H,1-4,6,13H2. The van der Waals surface area contributed by atoms with Gasteiger partial charge in [0, 0.05) is 26.8 Å². The Kier molecular flexibility index (Phi) is 4.20. The SMILES string of the molecule is NC(CC1CCCCN1)c1cc(Br)cs1. The Balaban J connectivity index is 1.88. The van der Waals surface area contributed by atoms with Crippen LogP contribution >= 0.6 is 27.3 Å². The van der Waals surface area contributed by atoms with Gasteiger partial charge in [-0.15, -0.1) is 11.3 Å². The van der Waals surface area contributed by atoms with E-state index in [4.69, 9.17) is 5.73 Å². The third-order valence-electron chi connectivity index (χ3n) is 2.90. The quantitative estimate of drug-likeness (QED) is 0.897. The molecule has 1 aliphatic rings. The van der Waals surface area contributed by atoms with Gasteiger partial charge in [0.25, 0.3) is 0 Å². The number of nitrogens with two attached hydrogens (primary N) is 1. The van der Waals surface area contributed by atoms with Crippen molar-refractivity contribution in [3.05, 3.63) is 20.8 Å². The number of nitrogens with one attached hydrogen (secondary N) is 1. The number of rotatable bonds is 3. The van der Waals surface area contributed by atoms with Gasteiger partial charge in [-0.1, -0.05) is 6.42 Å². The Hall–Kier alpha value is 0.1000. The van der Waals surface area contributed by atoms with Gasteiger partial charge in [-0.2, -0.15) is 0 Å². The highest BCUT2D eigenvalue weighted by Gasteiger charge is 2.17. The fourth-order valence-corrected chi connectivity index (χ4v) is 3.53. The van der Waals surface area contributed by atoms with Gasteiger partial charge in [0.2, 0.25) is 0 Å². The van der Waals surface area contributed by atoms with Crippen molar-refractivity contribution in [1.82, 2.24) is 5.32 Å². The summed E-state index contributed by atoms with van der Waals surface area (Å²) in [5, 5.41) is 5.64. The fraction of sp³-hybridized carbons (Fsp3) is 0.636. The van der Waals surface area contributed by atoms with Crippen LogP contribution in [0.4, 0.5) is 0 Å². The van der Waals surface area contributed by atoms with Crippen LogP contribution in [0.15, 0.2) is 15.9 Å². The molecule has 1 saturated heterocycles. The molecule has 84 valence electrons. The van der Waals surface area contributed by atoms with E-state index >= 15 is 0 Å². The summed E-state index contributed by atoms with van der Waals surface area (Å²) in [4.78, 5) is 1.29. The fourth-order valence-electron chi connectivity index (χ4n) is 2.07. The Labute approximate surface area is 103 Å². The van der Waals surface area contributed by atoms with E-state index in [0.717, 1.165) is 17.4 Å². The van der Waals surface area contributed by atoms with Crippen molar-refractivity contribution in [2.45, 2.75) is 37.8 Å². The van der Waals surface area contributed by atoms with Gasteiger partial charge in [0.05, 0.1) is 0 Å². The van der Waals surface area contributed by atoms with Crippen LogP contribution in [0.5, 0.6) is 0 Å². The van der Waals surface area contributed by atoms with E-state index < -0.39 is 0 Å². The Morgan fingerprint density at radius 3 is 3.07 bits per heavy atom. The maximum atomic E-state index is 6.19. The topological polar surface area (TPSA) is 38.0 Å². The monoisotopic (exact) mass is 288 g/mol. The summed E-state index contributed by atoms with van der Waals surface area (Å²) < 4.78 is 1.15. The zero-order valence-corrected chi connectivity index (χ0v) is 11.1. The molecular formula is C11H17BrN2S. The molecule has 2 heterocycles. The van der Waals surface area contributed by atoms with Crippen LogP contribution in [0.3, 0.4) is 0 Å². The second-order valence-electron chi connectivity index (χ2n) is 4.16. The van der Waals surface area contributed by atoms with Crippen molar-refractivity contribution < 1.29 is 0 Å². The summed E-state index contributed by atoms with van der Waals surface area (Å²) in [6.07, 6.45) is 5.00. The summed E-state index contributed by atoms with van der Waals surface area (Å²) in [5.74, 6) is 0. The zero-order chi connectivity index (χ0) is 10.7. The van der Waals surface area contributed by atoms with Crippen LogP contribution in [0.25, 0.3) is 0 Å². The summed E-state index contributed by atoms with van der Waals surface area (Å²) in [5.41, 5.74) is 6.19. The lowest BCUT2D eigenvalue weighted by atomic mass is 9.98. The van der Waals surface area contributed by atoms with Crippen LogP contribution in [-0.2, 0) is 0 Å². The van der Waals surface area contributed by atoms with Crippen LogP contribution in [0.2, 0.25) is 0 Å². The average Bonchev–Trinajstić information content (AvgIpc) is 2.66. The van der Waals surface area contributed by atoms with E-state index in [1.54, 1.807) is 11.3 Å². The van der Waals surface area contributed by atoms with E-state index in [2.05, 4.69) is 32.7 Å². The molecule has 0 radical (unpaired) electrons. The number of hydrogen-bond acceptors (Lipinski definition) is 3. The van der Waals surface area contributed by atoms with Crippen molar-refractivity contribution in [3.8, 4) is 0 Å². The third-order valence-corrected chi connectivity index (χ3v) is 4.73. The van der Waals surface area contributed by atoms with Gasteiger partial charge in [-0.05, 0) is 47.8 Å². The summed E-state index contributed by atoms with van der Waals surface area (Å²) >= 11 is 5.21. The molecule has 3 N–H and O–H groups in total. The van der Waals surface area contributed by atoms with Crippen LogP contribution in [0, 0.1) is 0 Å². The highest BCUT2D eigenvalue weighted by atomic mass is 79.9. The van der Waals surface area contributed by atoms with Crippen LogP contribution < -0.4 is 11.1 Å². The minimum atomic E-state index is 0.192. The molecule has 1 fully saturated rings. The first-order valence-corrected chi connectivity index (χ1v) is 7.16. The molecule has 1 aromatic rings. The number of hydrogen-bond donors (Lipinski definition) is 2. The normalized spacial score (nSPS) is 24.0. The first kappa shape index (κ1) is 11.6. The molecule has 4 heteroatoms. The van der Waals surface area contributed by atoms with Gasteiger partial charge in [0.1, 0.15) is 0 Å². The minimum absolute atomic E-state index is 0.192. The average molecular weight is 289 g/mol. The van der Waals surface area contributed by atoms with Crippen LogP contribution in [-0.4, -0.2) is 12.6 Å². The van der Waals surface area contributed by atoms with Crippen molar-refractivity contribution in [2.75, 3.05) is 6.54 Å². The highest BCUT2D eigenvalue weighted by molar-refractivity contribution is 9.10. The number of piperidine rings is 1. The number of halogens is 1. The van der Waals surface area contributed by atoms with Gasteiger partial charge >= 0.3 is 0 Å². The molecule has 0 aliphatic carbocycles. The predicted octanol–water partition coefficient (Wildman–Crippen LogP) is 3.04. The predicted molar refractivity (Wildman–Crippen MR) is 69.2 cm³/mol. The van der Waals surface area contributed by atoms with Crippen molar-refractivity contribution >= 4 is 27.3 Å². The summed E-state index contributed by atoms with van der Waals surface area (Å²) in [7, 11) is 0. The molecule has 15 heavy (non-hydrogen) atoms. The minimum Gasteiger partial charge on any atom is -0.323 e. The lowest BCUT2D eigenvalue weighted by Crippen LogP contribution is -2.36. The molecule has 0 amide bonds. The van der Waals surface area contributed by atoms with Crippen molar-refractivity contribution in [1.29, 1.82) is 0 Å². The van der Waals surface area contributed by atoms with E-state index in [1.807, 2.05) is 0 Å². The maximum absolute atomic E-state index is 6.19. The van der Waals surface area contributed by atoms with Crippen molar-refractivity contribution in [2.24, 2.45) is 5.73 Å². The Bertz CT molecular complexity index is 307. The second kappa shape index (κ2) is 5.43.